The van der Waals surface area contributed by atoms with E-state index in [-0.39, 0.29) is 18.4 Å². The zero-order valence-corrected chi connectivity index (χ0v) is 11.1. The Balaban J connectivity index is 2.40. The summed E-state index contributed by atoms with van der Waals surface area (Å²) in [6.45, 7) is 3.90. The highest BCUT2D eigenvalue weighted by molar-refractivity contribution is 5.84. The maximum absolute atomic E-state index is 11.9. The van der Waals surface area contributed by atoms with E-state index in [4.69, 9.17) is 0 Å². The topological polar surface area (TPSA) is 40.6 Å². The number of carbonyl (C=O) groups is 2. The number of hydrogen-bond donors (Lipinski definition) is 0. The number of nitrogens with zero attached hydrogens (tertiary/aromatic N) is 2. The SMILES string of the molecule is CCCCN(C)C(=O)CN1CCCCCC1=O. The van der Waals surface area contributed by atoms with Gasteiger partial charge in [0.25, 0.3) is 0 Å². The first-order chi connectivity index (χ1) is 8.15. The van der Waals surface area contributed by atoms with Crippen molar-refractivity contribution in [2.24, 2.45) is 0 Å². The van der Waals surface area contributed by atoms with Gasteiger partial charge in [-0.05, 0) is 19.3 Å². The summed E-state index contributed by atoms with van der Waals surface area (Å²) in [5.74, 6) is 0.202. The van der Waals surface area contributed by atoms with E-state index in [0.717, 1.165) is 45.2 Å². The van der Waals surface area contributed by atoms with Crippen LogP contribution in [0.3, 0.4) is 0 Å². The lowest BCUT2D eigenvalue weighted by atomic mass is 10.2. The molecule has 0 radical (unpaired) electrons. The third-order valence-electron chi connectivity index (χ3n) is 3.27. The maximum Gasteiger partial charge on any atom is 0.241 e. The molecule has 0 saturated carbocycles. The Hall–Kier alpha value is -1.06. The van der Waals surface area contributed by atoms with E-state index in [1.54, 1.807) is 9.80 Å². The van der Waals surface area contributed by atoms with Crippen LogP contribution >= 0.6 is 0 Å². The number of unbranched alkanes of at least 4 members (excludes halogenated alkanes) is 1. The number of rotatable bonds is 5. The Morgan fingerprint density at radius 3 is 2.82 bits per heavy atom. The Morgan fingerprint density at radius 2 is 2.12 bits per heavy atom. The van der Waals surface area contributed by atoms with E-state index >= 15 is 0 Å². The van der Waals surface area contributed by atoms with Gasteiger partial charge < -0.3 is 9.80 Å². The summed E-state index contributed by atoms with van der Waals surface area (Å²) < 4.78 is 0. The molecule has 17 heavy (non-hydrogen) atoms. The minimum Gasteiger partial charge on any atom is -0.344 e. The van der Waals surface area contributed by atoms with Gasteiger partial charge in [-0.2, -0.15) is 0 Å². The van der Waals surface area contributed by atoms with Crippen molar-refractivity contribution in [2.75, 3.05) is 26.7 Å². The molecule has 0 unspecified atom stereocenters. The van der Waals surface area contributed by atoms with Gasteiger partial charge in [0.2, 0.25) is 11.8 Å². The van der Waals surface area contributed by atoms with Crippen LogP contribution < -0.4 is 0 Å². The van der Waals surface area contributed by atoms with Gasteiger partial charge in [-0.25, -0.2) is 0 Å². The lowest BCUT2D eigenvalue weighted by Crippen LogP contribution is -2.41. The summed E-state index contributed by atoms with van der Waals surface area (Å²) in [7, 11) is 1.82. The van der Waals surface area contributed by atoms with Gasteiger partial charge >= 0.3 is 0 Å². The van der Waals surface area contributed by atoms with Crippen LogP contribution in [0.15, 0.2) is 0 Å². The predicted octanol–water partition coefficient (Wildman–Crippen LogP) is 1.65. The molecule has 0 spiro atoms. The second-order valence-electron chi connectivity index (χ2n) is 4.79. The molecule has 0 aromatic carbocycles. The molecule has 0 aliphatic carbocycles. The van der Waals surface area contributed by atoms with E-state index in [1.165, 1.54) is 0 Å². The second-order valence-corrected chi connectivity index (χ2v) is 4.79. The summed E-state index contributed by atoms with van der Waals surface area (Å²) in [5, 5.41) is 0. The quantitative estimate of drug-likeness (QED) is 0.733. The van der Waals surface area contributed by atoms with Crippen LogP contribution in [0.2, 0.25) is 0 Å². The fourth-order valence-corrected chi connectivity index (χ4v) is 2.01. The molecular weight excluding hydrogens is 216 g/mol. The highest BCUT2D eigenvalue weighted by atomic mass is 16.2. The van der Waals surface area contributed by atoms with E-state index in [1.807, 2.05) is 7.05 Å². The Labute approximate surface area is 104 Å². The molecule has 1 heterocycles. The molecule has 4 nitrogen and oxygen atoms in total. The van der Waals surface area contributed by atoms with Gasteiger partial charge in [0.15, 0.2) is 0 Å². The highest BCUT2D eigenvalue weighted by Crippen LogP contribution is 2.11. The fraction of sp³-hybridized carbons (Fsp3) is 0.846. The Kier molecular flexibility index (Phi) is 6.01. The van der Waals surface area contributed by atoms with Crippen LogP contribution in [0.5, 0.6) is 0 Å². The van der Waals surface area contributed by atoms with Crippen LogP contribution in [0.4, 0.5) is 0 Å². The van der Waals surface area contributed by atoms with Crippen molar-refractivity contribution in [3.05, 3.63) is 0 Å². The summed E-state index contributed by atoms with van der Waals surface area (Å²) in [5.41, 5.74) is 0. The van der Waals surface area contributed by atoms with Crippen molar-refractivity contribution in [1.29, 1.82) is 0 Å². The van der Waals surface area contributed by atoms with Gasteiger partial charge in [-0.15, -0.1) is 0 Å². The smallest absolute Gasteiger partial charge is 0.241 e. The van der Waals surface area contributed by atoms with Crippen LogP contribution in [0.25, 0.3) is 0 Å². The molecule has 1 aliphatic heterocycles. The first kappa shape index (κ1) is 14.0. The fourth-order valence-electron chi connectivity index (χ4n) is 2.01. The van der Waals surface area contributed by atoms with E-state index in [2.05, 4.69) is 6.92 Å². The minimum absolute atomic E-state index is 0.0636. The number of likely N-dealkylation sites (N-methyl/N-ethyl adjacent to an activating group) is 1. The number of likely N-dealkylation sites (tertiary alicyclic amines) is 1. The number of carbonyl (C=O) groups excluding carboxylic acids is 2. The monoisotopic (exact) mass is 240 g/mol. The molecule has 1 fully saturated rings. The molecule has 2 amide bonds. The lowest BCUT2D eigenvalue weighted by Gasteiger charge is -2.24. The van der Waals surface area contributed by atoms with Gasteiger partial charge in [0.1, 0.15) is 0 Å². The van der Waals surface area contributed by atoms with Crippen molar-refractivity contribution in [2.45, 2.75) is 45.4 Å². The van der Waals surface area contributed by atoms with Gasteiger partial charge in [0, 0.05) is 26.6 Å². The molecule has 0 N–H and O–H groups in total. The van der Waals surface area contributed by atoms with E-state index in [0.29, 0.717) is 6.42 Å². The van der Waals surface area contributed by atoms with Crippen molar-refractivity contribution < 1.29 is 9.59 Å². The van der Waals surface area contributed by atoms with E-state index in [9.17, 15) is 9.59 Å². The Morgan fingerprint density at radius 1 is 1.35 bits per heavy atom. The van der Waals surface area contributed by atoms with Crippen molar-refractivity contribution in [3.8, 4) is 0 Å². The third kappa shape index (κ3) is 4.75. The number of hydrogen-bond acceptors (Lipinski definition) is 2. The second kappa shape index (κ2) is 7.30. The zero-order valence-electron chi connectivity index (χ0n) is 11.1. The summed E-state index contributed by atoms with van der Waals surface area (Å²) in [6, 6.07) is 0. The summed E-state index contributed by atoms with van der Waals surface area (Å²) >= 11 is 0. The molecule has 0 bridgehead atoms. The molecule has 1 aliphatic rings. The Bertz CT molecular complexity index is 266. The van der Waals surface area contributed by atoms with Crippen molar-refractivity contribution in [1.82, 2.24) is 9.80 Å². The van der Waals surface area contributed by atoms with Gasteiger partial charge in [0.05, 0.1) is 6.54 Å². The molecule has 4 heteroatoms. The van der Waals surface area contributed by atoms with E-state index < -0.39 is 0 Å². The first-order valence-corrected chi connectivity index (χ1v) is 6.67. The predicted molar refractivity (Wildman–Crippen MR) is 67.6 cm³/mol. The molecule has 0 aromatic rings. The first-order valence-electron chi connectivity index (χ1n) is 6.67. The molecule has 0 atom stereocenters. The average molecular weight is 240 g/mol. The van der Waals surface area contributed by atoms with Gasteiger partial charge in [-0.1, -0.05) is 19.8 Å². The standard InChI is InChI=1S/C13H24N2O2/c1-3-4-9-14(2)13(17)11-15-10-7-5-6-8-12(15)16/h3-11H2,1-2H3. The van der Waals surface area contributed by atoms with Crippen LogP contribution in [-0.4, -0.2) is 48.3 Å². The van der Waals surface area contributed by atoms with Crippen LogP contribution in [0.1, 0.15) is 45.4 Å². The molecule has 1 rings (SSSR count). The highest BCUT2D eigenvalue weighted by Gasteiger charge is 2.20. The average Bonchev–Trinajstić information content (AvgIpc) is 2.52. The largest absolute Gasteiger partial charge is 0.344 e. The molecular formula is C13H24N2O2. The van der Waals surface area contributed by atoms with Crippen molar-refractivity contribution in [3.63, 3.8) is 0 Å². The third-order valence-corrected chi connectivity index (χ3v) is 3.27. The van der Waals surface area contributed by atoms with Crippen molar-refractivity contribution >= 4 is 11.8 Å². The van der Waals surface area contributed by atoms with Gasteiger partial charge in [-0.3, -0.25) is 9.59 Å². The zero-order chi connectivity index (χ0) is 12.7. The lowest BCUT2D eigenvalue weighted by molar-refractivity contribution is -0.139. The normalized spacial score (nSPS) is 16.8. The molecule has 0 aromatic heterocycles. The minimum atomic E-state index is 0.0636. The maximum atomic E-state index is 11.9. The molecule has 1 saturated heterocycles. The van der Waals surface area contributed by atoms with Crippen LogP contribution in [-0.2, 0) is 9.59 Å². The number of amides is 2. The summed E-state index contributed by atoms with van der Waals surface area (Å²) in [4.78, 5) is 27.1. The van der Waals surface area contributed by atoms with Crippen LogP contribution in [0, 0.1) is 0 Å². The molecule has 98 valence electrons. The summed E-state index contributed by atoms with van der Waals surface area (Å²) in [6.07, 6.45) is 5.80.